The van der Waals surface area contributed by atoms with Crippen LogP contribution in [0.4, 0.5) is 0 Å². The normalized spacial score (nSPS) is 15.5. The first-order valence-corrected chi connectivity index (χ1v) is 10.7. The summed E-state index contributed by atoms with van der Waals surface area (Å²) >= 11 is 0. The van der Waals surface area contributed by atoms with Gasteiger partial charge >= 0.3 is 11.9 Å². The third-order valence-corrected chi connectivity index (χ3v) is 4.73. The average Bonchev–Trinajstić information content (AvgIpc) is 2.65. The molecule has 1 rings (SSSR count). The SMILES string of the molecule is CC(C)C[C@H](N)[C@H](CC(=O)OCc1ccccc1)OC(=O)C[C@H](O)[C@@H](N)CC(C)C. The molecule has 0 saturated heterocycles. The number of aliphatic hydroxyl groups is 1. The third-order valence-electron chi connectivity index (χ3n) is 4.73. The standard InChI is InChI=1S/C23H38N2O5/c1-15(2)10-18(24)20(26)12-23(28)30-21(19(25)11-16(3)4)13-22(27)29-14-17-8-6-5-7-9-17/h5-9,15-16,18-21,26H,10-14,24-25H2,1-4H3/t18-,19-,20-,21-/m0/s1. The van der Waals surface area contributed by atoms with Gasteiger partial charge in [-0.15, -0.1) is 0 Å². The number of ether oxygens (including phenoxy) is 2. The number of hydrogen-bond acceptors (Lipinski definition) is 7. The van der Waals surface area contributed by atoms with Crippen LogP contribution < -0.4 is 11.5 Å². The number of rotatable bonds is 13. The predicted octanol–water partition coefficient (Wildman–Crippen LogP) is 2.53. The highest BCUT2D eigenvalue weighted by Gasteiger charge is 2.28. The summed E-state index contributed by atoms with van der Waals surface area (Å²) in [5, 5.41) is 10.2. The number of esters is 2. The molecule has 0 bridgehead atoms. The molecule has 0 fully saturated rings. The number of hydrogen-bond donors (Lipinski definition) is 3. The largest absolute Gasteiger partial charge is 0.461 e. The van der Waals surface area contributed by atoms with E-state index in [0.717, 1.165) is 5.56 Å². The Kier molecular flexibility index (Phi) is 11.6. The number of nitrogens with two attached hydrogens (primary N) is 2. The van der Waals surface area contributed by atoms with Gasteiger partial charge in [0.15, 0.2) is 0 Å². The van der Waals surface area contributed by atoms with Crippen molar-refractivity contribution in [3.8, 4) is 0 Å². The van der Waals surface area contributed by atoms with Gasteiger partial charge in [-0.05, 0) is 30.2 Å². The van der Waals surface area contributed by atoms with E-state index in [4.69, 9.17) is 20.9 Å². The van der Waals surface area contributed by atoms with Crippen LogP contribution in [0.5, 0.6) is 0 Å². The van der Waals surface area contributed by atoms with Crippen LogP contribution in [0.15, 0.2) is 30.3 Å². The lowest BCUT2D eigenvalue weighted by Crippen LogP contribution is -2.43. The van der Waals surface area contributed by atoms with Crippen molar-refractivity contribution < 1.29 is 24.2 Å². The molecule has 0 radical (unpaired) electrons. The molecule has 170 valence electrons. The molecule has 7 heteroatoms. The maximum absolute atomic E-state index is 12.4. The maximum atomic E-state index is 12.4. The monoisotopic (exact) mass is 422 g/mol. The second kappa shape index (κ2) is 13.4. The van der Waals surface area contributed by atoms with E-state index in [9.17, 15) is 14.7 Å². The predicted molar refractivity (Wildman–Crippen MR) is 116 cm³/mol. The Balaban J connectivity index is 2.65. The smallest absolute Gasteiger partial charge is 0.309 e. The van der Waals surface area contributed by atoms with E-state index in [1.807, 2.05) is 58.0 Å². The maximum Gasteiger partial charge on any atom is 0.309 e. The summed E-state index contributed by atoms with van der Waals surface area (Å²) in [4.78, 5) is 24.7. The zero-order valence-corrected chi connectivity index (χ0v) is 18.6. The van der Waals surface area contributed by atoms with Crippen LogP contribution in [0.3, 0.4) is 0 Å². The highest BCUT2D eigenvalue weighted by molar-refractivity contribution is 5.73. The fraction of sp³-hybridized carbons (Fsp3) is 0.652. The first-order chi connectivity index (χ1) is 14.1. The molecular formula is C23H38N2O5. The minimum absolute atomic E-state index is 0.138. The van der Waals surface area contributed by atoms with Gasteiger partial charge in [-0.25, -0.2) is 0 Å². The lowest BCUT2D eigenvalue weighted by atomic mass is 9.97. The van der Waals surface area contributed by atoms with Crippen LogP contribution in [-0.4, -0.2) is 41.3 Å². The first kappa shape index (κ1) is 26.1. The van der Waals surface area contributed by atoms with Gasteiger partial charge in [-0.1, -0.05) is 58.0 Å². The summed E-state index contributed by atoms with van der Waals surface area (Å²) in [7, 11) is 0. The highest BCUT2D eigenvalue weighted by Crippen LogP contribution is 2.16. The Hall–Kier alpha value is -1.96. The molecule has 0 unspecified atom stereocenters. The van der Waals surface area contributed by atoms with Crippen LogP contribution >= 0.6 is 0 Å². The molecule has 0 aliphatic carbocycles. The van der Waals surface area contributed by atoms with E-state index in [1.165, 1.54) is 0 Å². The van der Waals surface area contributed by atoms with Crippen LogP contribution in [-0.2, 0) is 25.7 Å². The Morgan fingerprint density at radius 3 is 2.03 bits per heavy atom. The van der Waals surface area contributed by atoms with Crippen molar-refractivity contribution >= 4 is 11.9 Å². The molecule has 1 aromatic rings. The first-order valence-electron chi connectivity index (χ1n) is 10.7. The summed E-state index contributed by atoms with van der Waals surface area (Å²) in [5.41, 5.74) is 13.0. The number of aliphatic hydroxyl groups excluding tert-OH is 1. The van der Waals surface area contributed by atoms with Gasteiger partial charge in [-0.2, -0.15) is 0 Å². The molecule has 1 aromatic carbocycles. The van der Waals surface area contributed by atoms with E-state index in [0.29, 0.717) is 18.8 Å². The molecule has 0 heterocycles. The third kappa shape index (κ3) is 10.7. The number of carbonyl (C=O) groups is 2. The summed E-state index contributed by atoms with van der Waals surface area (Å²) in [6, 6.07) is 8.29. The van der Waals surface area contributed by atoms with Crippen LogP contribution in [0.2, 0.25) is 0 Å². The molecule has 0 aliphatic rings. The second-order valence-electron chi connectivity index (χ2n) is 8.74. The quantitative estimate of drug-likeness (QED) is 0.417. The fourth-order valence-corrected chi connectivity index (χ4v) is 3.18. The molecule has 30 heavy (non-hydrogen) atoms. The lowest BCUT2D eigenvalue weighted by Gasteiger charge is -2.26. The molecule has 0 saturated carbocycles. The molecule has 0 amide bonds. The number of benzene rings is 1. The summed E-state index contributed by atoms with van der Waals surface area (Å²) in [6.45, 7) is 8.13. The minimum Gasteiger partial charge on any atom is -0.461 e. The van der Waals surface area contributed by atoms with E-state index >= 15 is 0 Å². The Bertz CT molecular complexity index is 636. The van der Waals surface area contributed by atoms with Gasteiger partial charge in [0.2, 0.25) is 0 Å². The van der Waals surface area contributed by atoms with Gasteiger partial charge in [-0.3, -0.25) is 9.59 Å². The van der Waals surface area contributed by atoms with Crippen molar-refractivity contribution in [1.29, 1.82) is 0 Å². The average molecular weight is 423 g/mol. The van der Waals surface area contributed by atoms with Crippen molar-refractivity contribution in [2.45, 2.75) is 84.3 Å². The van der Waals surface area contributed by atoms with E-state index < -0.39 is 36.2 Å². The van der Waals surface area contributed by atoms with Crippen molar-refractivity contribution in [2.75, 3.05) is 0 Å². The molecule has 0 aromatic heterocycles. The van der Waals surface area contributed by atoms with Crippen molar-refractivity contribution in [2.24, 2.45) is 23.3 Å². The fourth-order valence-electron chi connectivity index (χ4n) is 3.18. The zero-order chi connectivity index (χ0) is 22.7. The molecular weight excluding hydrogens is 384 g/mol. The Labute approximate surface area is 180 Å². The summed E-state index contributed by atoms with van der Waals surface area (Å²) in [5.74, 6) is -0.543. The molecule has 0 spiro atoms. The zero-order valence-electron chi connectivity index (χ0n) is 18.6. The van der Waals surface area contributed by atoms with Gasteiger partial charge < -0.3 is 26.0 Å². The topological polar surface area (TPSA) is 125 Å². The number of carbonyl (C=O) groups excluding carboxylic acids is 2. The van der Waals surface area contributed by atoms with Gasteiger partial charge in [0.1, 0.15) is 12.7 Å². The lowest BCUT2D eigenvalue weighted by molar-refractivity contribution is -0.158. The molecule has 7 nitrogen and oxygen atoms in total. The minimum atomic E-state index is -1.01. The van der Waals surface area contributed by atoms with Gasteiger partial charge in [0.25, 0.3) is 0 Å². The summed E-state index contributed by atoms with van der Waals surface area (Å²) in [6.07, 6.45) is -1.03. The van der Waals surface area contributed by atoms with Gasteiger partial charge in [0, 0.05) is 12.1 Å². The van der Waals surface area contributed by atoms with Crippen LogP contribution in [0, 0.1) is 11.8 Å². The highest BCUT2D eigenvalue weighted by atomic mass is 16.6. The second-order valence-corrected chi connectivity index (χ2v) is 8.74. The summed E-state index contributed by atoms with van der Waals surface area (Å²) < 4.78 is 10.8. The van der Waals surface area contributed by atoms with Crippen molar-refractivity contribution in [3.63, 3.8) is 0 Å². The van der Waals surface area contributed by atoms with E-state index in [1.54, 1.807) is 0 Å². The van der Waals surface area contributed by atoms with Gasteiger partial charge in [0.05, 0.1) is 18.9 Å². The van der Waals surface area contributed by atoms with E-state index in [2.05, 4.69) is 0 Å². The van der Waals surface area contributed by atoms with Crippen molar-refractivity contribution in [1.82, 2.24) is 0 Å². The molecule has 5 N–H and O–H groups in total. The Morgan fingerprint density at radius 1 is 0.900 bits per heavy atom. The Morgan fingerprint density at radius 2 is 1.47 bits per heavy atom. The molecule has 4 atom stereocenters. The van der Waals surface area contributed by atoms with E-state index in [-0.39, 0.29) is 25.4 Å². The van der Waals surface area contributed by atoms with Crippen molar-refractivity contribution in [3.05, 3.63) is 35.9 Å². The van der Waals surface area contributed by atoms with Crippen LogP contribution in [0.1, 0.15) is 58.9 Å². The van der Waals surface area contributed by atoms with Crippen LogP contribution in [0.25, 0.3) is 0 Å². The molecule has 0 aliphatic heterocycles.